The van der Waals surface area contributed by atoms with Gasteiger partial charge in [-0.15, -0.1) is 0 Å². The lowest BCUT2D eigenvalue weighted by molar-refractivity contribution is 0.0996. The van der Waals surface area contributed by atoms with E-state index >= 15 is 0 Å². The van der Waals surface area contributed by atoms with E-state index in [4.69, 9.17) is 4.42 Å². The highest BCUT2D eigenvalue weighted by Gasteiger charge is 2.16. The number of aromatic nitrogens is 4. The molecule has 0 fully saturated rings. The minimum absolute atomic E-state index is 0.235. The fraction of sp³-hybridized carbons (Fsp3) is 0.238. The summed E-state index contributed by atoms with van der Waals surface area (Å²) in [7, 11) is 0. The molecule has 7 nitrogen and oxygen atoms in total. The molecule has 0 aliphatic carbocycles. The number of unbranched alkanes of at least 4 members (excludes halogenated alkanes) is 1. The number of benzene rings is 1. The fourth-order valence-electron chi connectivity index (χ4n) is 2.97. The molecule has 0 atom stereocenters. The van der Waals surface area contributed by atoms with Crippen LogP contribution in [0.25, 0.3) is 11.0 Å². The summed E-state index contributed by atoms with van der Waals surface area (Å²) in [5.41, 5.74) is 1.71. The maximum absolute atomic E-state index is 12.4. The van der Waals surface area contributed by atoms with Crippen LogP contribution < -0.4 is 5.32 Å². The molecule has 0 aliphatic heterocycles. The van der Waals surface area contributed by atoms with E-state index in [9.17, 15) is 4.79 Å². The van der Waals surface area contributed by atoms with E-state index < -0.39 is 0 Å². The average molecular weight is 375 g/mol. The molecule has 0 spiro atoms. The smallest absolute Gasteiger partial charge is 0.292 e. The number of amides is 1. The number of hydrogen-bond donors (Lipinski definition) is 1. The van der Waals surface area contributed by atoms with Gasteiger partial charge in [0, 0.05) is 12.6 Å². The van der Waals surface area contributed by atoms with Crippen molar-refractivity contribution in [1.82, 2.24) is 19.7 Å². The Balaban J connectivity index is 1.69. The molecule has 0 radical (unpaired) electrons. The van der Waals surface area contributed by atoms with Gasteiger partial charge in [0.25, 0.3) is 5.91 Å². The molecule has 4 aromatic rings. The highest BCUT2D eigenvalue weighted by Crippen LogP contribution is 2.21. The maximum atomic E-state index is 12.4. The number of nitrogens with zero attached hydrogens (tertiary/aromatic N) is 4. The van der Waals surface area contributed by atoms with Crippen LogP contribution in [0.2, 0.25) is 0 Å². The first-order chi connectivity index (χ1) is 13.7. The van der Waals surface area contributed by atoms with Gasteiger partial charge >= 0.3 is 0 Å². The SMILES string of the molecule is CCCCc1nc(NC(=O)c2ccco2)c2cn(Cc3ccccc3)nc2n1. The van der Waals surface area contributed by atoms with E-state index in [-0.39, 0.29) is 11.7 Å². The standard InChI is InChI=1S/C21H21N5O2/c1-2-3-11-18-22-19(24-21(27)17-10-7-12-28-17)16-14-26(25-20(16)23-18)13-15-8-5-4-6-9-15/h4-10,12,14H,2-3,11,13H2,1H3,(H,22,23,24,25,27). The molecule has 0 bridgehead atoms. The van der Waals surface area contributed by atoms with Crippen molar-refractivity contribution in [3.8, 4) is 0 Å². The Hall–Kier alpha value is -3.48. The van der Waals surface area contributed by atoms with Crippen molar-refractivity contribution < 1.29 is 9.21 Å². The molecule has 28 heavy (non-hydrogen) atoms. The minimum atomic E-state index is -0.345. The summed E-state index contributed by atoms with van der Waals surface area (Å²) in [6, 6.07) is 13.4. The lowest BCUT2D eigenvalue weighted by Gasteiger charge is -2.06. The number of anilines is 1. The predicted octanol–water partition coefficient (Wildman–Crippen LogP) is 4.06. The van der Waals surface area contributed by atoms with Crippen LogP contribution in [0, 0.1) is 0 Å². The first-order valence-electron chi connectivity index (χ1n) is 9.36. The Labute approximate surface area is 162 Å². The van der Waals surface area contributed by atoms with E-state index in [1.54, 1.807) is 12.1 Å². The number of nitrogens with one attached hydrogen (secondary N) is 1. The van der Waals surface area contributed by atoms with E-state index in [0.717, 1.165) is 24.8 Å². The van der Waals surface area contributed by atoms with Crippen LogP contribution in [-0.4, -0.2) is 25.7 Å². The van der Waals surface area contributed by atoms with Crippen LogP contribution in [-0.2, 0) is 13.0 Å². The molecular weight excluding hydrogens is 354 g/mol. The van der Waals surface area contributed by atoms with E-state index in [0.29, 0.717) is 29.2 Å². The Morgan fingerprint density at radius 3 is 2.75 bits per heavy atom. The quantitative estimate of drug-likeness (QED) is 0.526. The highest BCUT2D eigenvalue weighted by molar-refractivity contribution is 6.05. The summed E-state index contributed by atoms with van der Waals surface area (Å²) < 4.78 is 7.00. The molecule has 1 N–H and O–H groups in total. The van der Waals surface area contributed by atoms with Crippen LogP contribution in [0.5, 0.6) is 0 Å². The number of rotatable bonds is 7. The molecule has 142 valence electrons. The summed E-state index contributed by atoms with van der Waals surface area (Å²) >= 11 is 0. The van der Waals surface area contributed by atoms with Crippen molar-refractivity contribution in [1.29, 1.82) is 0 Å². The first-order valence-corrected chi connectivity index (χ1v) is 9.36. The minimum Gasteiger partial charge on any atom is -0.459 e. The number of carbonyl (C=O) groups is 1. The number of furan rings is 1. The van der Waals surface area contributed by atoms with Crippen LogP contribution in [0.15, 0.2) is 59.3 Å². The molecule has 0 unspecified atom stereocenters. The summed E-state index contributed by atoms with van der Waals surface area (Å²) in [5.74, 6) is 1.02. The average Bonchev–Trinajstić information content (AvgIpc) is 3.37. The van der Waals surface area contributed by atoms with E-state index in [1.807, 2.05) is 41.2 Å². The van der Waals surface area contributed by atoms with Gasteiger partial charge in [0.2, 0.25) is 0 Å². The van der Waals surface area contributed by atoms with Crippen LogP contribution in [0.4, 0.5) is 5.82 Å². The molecule has 0 saturated heterocycles. The fourth-order valence-corrected chi connectivity index (χ4v) is 2.97. The molecule has 3 aromatic heterocycles. The van der Waals surface area contributed by atoms with Crippen molar-refractivity contribution in [2.24, 2.45) is 0 Å². The molecule has 0 aliphatic rings. The zero-order valence-electron chi connectivity index (χ0n) is 15.6. The normalized spacial score (nSPS) is 11.0. The molecule has 3 heterocycles. The molecule has 1 aromatic carbocycles. The van der Waals surface area contributed by atoms with Crippen molar-refractivity contribution >= 4 is 22.8 Å². The monoisotopic (exact) mass is 375 g/mol. The lowest BCUT2D eigenvalue weighted by atomic mass is 10.2. The molecule has 0 saturated carbocycles. The highest BCUT2D eigenvalue weighted by atomic mass is 16.3. The number of aryl methyl sites for hydroxylation is 1. The number of fused-ring (bicyclic) bond motifs is 1. The van der Waals surface area contributed by atoms with Crippen LogP contribution >= 0.6 is 0 Å². The van der Waals surface area contributed by atoms with Crippen LogP contribution in [0.3, 0.4) is 0 Å². The zero-order chi connectivity index (χ0) is 19.3. The maximum Gasteiger partial charge on any atom is 0.292 e. The van der Waals surface area contributed by atoms with E-state index in [1.165, 1.54) is 6.26 Å². The second-order valence-corrected chi connectivity index (χ2v) is 6.57. The Morgan fingerprint density at radius 2 is 2.00 bits per heavy atom. The molecule has 7 heteroatoms. The summed E-state index contributed by atoms with van der Waals surface area (Å²) in [6.07, 6.45) is 6.08. The lowest BCUT2D eigenvalue weighted by Crippen LogP contribution is -2.13. The van der Waals surface area contributed by atoms with Gasteiger partial charge in [-0.3, -0.25) is 9.48 Å². The molecule has 4 rings (SSSR count). The molecule has 1 amide bonds. The zero-order valence-corrected chi connectivity index (χ0v) is 15.6. The Kier molecular flexibility index (Phi) is 5.14. The number of hydrogen-bond acceptors (Lipinski definition) is 5. The van der Waals surface area contributed by atoms with Crippen molar-refractivity contribution in [3.63, 3.8) is 0 Å². The Bertz CT molecular complexity index is 1070. The topological polar surface area (TPSA) is 85.8 Å². The van der Waals surface area contributed by atoms with Gasteiger partial charge in [0.05, 0.1) is 18.2 Å². The summed E-state index contributed by atoms with van der Waals surface area (Å²) in [4.78, 5) is 21.6. The third-order valence-corrected chi connectivity index (χ3v) is 4.39. The van der Waals surface area contributed by atoms with Crippen molar-refractivity contribution in [2.45, 2.75) is 32.7 Å². The molecular formula is C21H21N5O2. The third-order valence-electron chi connectivity index (χ3n) is 4.39. The van der Waals surface area contributed by atoms with Gasteiger partial charge in [-0.1, -0.05) is 43.7 Å². The van der Waals surface area contributed by atoms with Gasteiger partial charge < -0.3 is 9.73 Å². The van der Waals surface area contributed by atoms with Gasteiger partial charge in [-0.25, -0.2) is 9.97 Å². The van der Waals surface area contributed by atoms with Crippen molar-refractivity contribution in [3.05, 3.63) is 72.1 Å². The third kappa shape index (κ3) is 3.93. The largest absolute Gasteiger partial charge is 0.459 e. The second kappa shape index (κ2) is 8.04. The summed E-state index contributed by atoms with van der Waals surface area (Å²) in [5, 5.41) is 8.15. The first kappa shape index (κ1) is 17.9. The summed E-state index contributed by atoms with van der Waals surface area (Å²) in [6.45, 7) is 2.74. The van der Waals surface area contributed by atoms with Crippen molar-refractivity contribution in [2.75, 3.05) is 5.32 Å². The van der Waals surface area contributed by atoms with E-state index in [2.05, 4.69) is 27.3 Å². The van der Waals surface area contributed by atoms with Gasteiger partial charge in [-0.05, 0) is 24.1 Å². The van der Waals surface area contributed by atoms with Gasteiger partial charge in [0.1, 0.15) is 11.6 Å². The van der Waals surface area contributed by atoms with Crippen LogP contribution in [0.1, 0.15) is 41.7 Å². The number of carbonyl (C=O) groups excluding carboxylic acids is 1. The Morgan fingerprint density at radius 1 is 1.14 bits per heavy atom. The second-order valence-electron chi connectivity index (χ2n) is 6.57. The van der Waals surface area contributed by atoms with Gasteiger partial charge in [-0.2, -0.15) is 5.10 Å². The van der Waals surface area contributed by atoms with Gasteiger partial charge in [0.15, 0.2) is 11.4 Å². The predicted molar refractivity (Wildman–Crippen MR) is 106 cm³/mol.